The van der Waals surface area contributed by atoms with E-state index in [1.165, 1.54) is 12.1 Å². The molecule has 0 aliphatic carbocycles. The van der Waals surface area contributed by atoms with Crippen molar-refractivity contribution in [1.29, 1.82) is 0 Å². The highest BCUT2D eigenvalue weighted by Crippen LogP contribution is 2.38. The Bertz CT molecular complexity index is 2280. The van der Waals surface area contributed by atoms with Crippen LogP contribution in [0.25, 0.3) is 16.7 Å². The molecule has 12 nitrogen and oxygen atoms in total. The predicted molar refractivity (Wildman–Crippen MR) is 200 cm³/mol. The first kappa shape index (κ1) is 35.4. The van der Waals surface area contributed by atoms with Gasteiger partial charge in [-0.15, -0.1) is 5.10 Å². The molecule has 4 heterocycles. The summed E-state index contributed by atoms with van der Waals surface area (Å²) in [6.07, 6.45) is 1.06. The Kier molecular flexibility index (Phi) is 9.63. The zero-order valence-electron chi connectivity index (χ0n) is 30.4. The Hall–Kier alpha value is -5.60. The molecule has 0 amide bonds. The second kappa shape index (κ2) is 14.7. The highest BCUT2D eigenvalue weighted by molar-refractivity contribution is 5.73. The van der Waals surface area contributed by atoms with Crippen LogP contribution in [-0.4, -0.2) is 74.8 Å². The molecule has 54 heavy (non-hydrogen) atoms. The van der Waals surface area contributed by atoms with Crippen molar-refractivity contribution >= 4 is 22.4 Å². The fourth-order valence-corrected chi connectivity index (χ4v) is 7.03. The Morgan fingerprint density at radius 1 is 0.870 bits per heavy atom. The van der Waals surface area contributed by atoms with Crippen molar-refractivity contribution in [1.82, 2.24) is 29.3 Å². The Morgan fingerprint density at radius 3 is 2.22 bits per heavy atom. The lowest BCUT2D eigenvalue weighted by molar-refractivity contribution is -0.192. The zero-order valence-corrected chi connectivity index (χ0v) is 30.4. The minimum Gasteiger partial charge on any atom is -0.491 e. The molecule has 3 atom stereocenters. The van der Waals surface area contributed by atoms with Crippen LogP contribution < -0.4 is 20.2 Å². The molecular weight excluding hydrogens is 694 g/mol. The van der Waals surface area contributed by atoms with Gasteiger partial charge in [-0.25, -0.2) is 27.5 Å². The van der Waals surface area contributed by atoms with E-state index in [0.717, 1.165) is 54.8 Å². The van der Waals surface area contributed by atoms with Gasteiger partial charge in [0.1, 0.15) is 48.5 Å². The molecule has 3 unspecified atom stereocenters. The van der Waals surface area contributed by atoms with Gasteiger partial charge < -0.3 is 24.0 Å². The van der Waals surface area contributed by atoms with Crippen LogP contribution in [0.3, 0.4) is 0 Å². The van der Waals surface area contributed by atoms with E-state index in [4.69, 9.17) is 14.2 Å². The Labute approximate surface area is 311 Å². The zero-order chi connectivity index (χ0) is 37.4. The molecule has 2 aliphatic heterocycles. The number of aromatic nitrogens is 6. The third-order valence-corrected chi connectivity index (χ3v) is 10.4. The van der Waals surface area contributed by atoms with E-state index in [2.05, 4.69) is 51.2 Å². The van der Waals surface area contributed by atoms with Crippen molar-refractivity contribution in [3.63, 3.8) is 0 Å². The molecule has 2 fully saturated rings. The number of halogens is 2. The third kappa shape index (κ3) is 6.94. The molecule has 0 bridgehead atoms. The average molecular weight is 737 g/mol. The molecule has 14 heteroatoms. The Balaban J connectivity index is 0.869. The SMILES string of the molecule is CC(C)C(C)n1ncn(-c2ccc(N3CCN(c4ccc(OCC5COC(Cn6nnc7ccccc76)(c6ccc(F)cc6F)O5)cc4)CC3)cc2)c1=O. The van der Waals surface area contributed by atoms with Crippen molar-refractivity contribution in [2.75, 3.05) is 49.2 Å². The monoisotopic (exact) mass is 736 g/mol. The van der Waals surface area contributed by atoms with Crippen molar-refractivity contribution in [3.05, 3.63) is 125 Å². The van der Waals surface area contributed by atoms with Gasteiger partial charge in [0.15, 0.2) is 0 Å². The summed E-state index contributed by atoms with van der Waals surface area (Å²) in [4.78, 5) is 17.7. The molecule has 0 spiro atoms. The summed E-state index contributed by atoms with van der Waals surface area (Å²) in [7, 11) is 0. The van der Waals surface area contributed by atoms with Crippen molar-refractivity contribution in [2.24, 2.45) is 5.92 Å². The first-order chi connectivity index (χ1) is 26.2. The first-order valence-electron chi connectivity index (χ1n) is 18.2. The molecule has 8 rings (SSSR count). The summed E-state index contributed by atoms with van der Waals surface area (Å²) in [5, 5.41) is 12.8. The van der Waals surface area contributed by atoms with Crippen LogP contribution in [0.1, 0.15) is 32.4 Å². The quantitative estimate of drug-likeness (QED) is 0.160. The normalized spacial score (nSPS) is 19.6. The lowest BCUT2D eigenvalue weighted by Gasteiger charge is -2.37. The summed E-state index contributed by atoms with van der Waals surface area (Å²) in [6.45, 7) is 9.85. The molecule has 0 N–H and O–H groups in total. The summed E-state index contributed by atoms with van der Waals surface area (Å²) < 4.78 is 52.5. The van der Waals surface area contributed by atoms with Crippen LogP contribution in [0.5, 0.6) is 5.75 Å². The number of fused-ring (bicyclic) bond motifs is 1. The van der Waals surface area contributed by atoms with Gasteiger partial charge in [-0.1, -0.05) is 31.2 Å². The van der Waals surface area contributed by atoms with E-state index in [-0.39, 0.29) is 37.1 Å². The van der Waals surface area contributed by atoms with Gasteiger partial charge in [-0.2, -0.15) is 5.10 Å². The van der Waals surface area contributed by atoms with Crippen molar-refractivity contribution < 1.29 is 23.0 Å². The van der Waals surface area contributed by atoms with Crippen molar-refractivity contribution in [3.8, 4) is 11.4 Å². The van der Waals surface area contributed by atoms with Crippen LogP contribution in [0, 0.1) is 17.6 Å². The number of ether oxygens (including phenoxy) is 3. The van der Waals surface area contributed by atoms with Crippen LogP contribution in [0.2, 0.25) is 0 Å². The number of hydrogen-bond acceptors (Lipinski definition) is 9. The van der Waals surface area contributed by atoms with Gasteiger partial charge in [-0.05, 0) is 85.6 Å². The summed E-state index contributed by atoms with van der Waals surface area (Å²) in [5.74, 6) is -2.06. The summed E-state index contributed by atoms with van der Waals surface area (Å²) in [6, 6.07) is 26.8. The molecule has 4 aromatic carbocycles. The van der Waals surface area contributed by atoms with Crippen LogP contribution in [0.15, 0.2) is 102 Å². The number of anilines is 2. The highest BCUT2D eigenvalue weighted by Gasteiger charge is 2.46. The summed E-state index contributed by atoms with van der Waals surface area (Å²) >= 11 is 0. The number of para-hydroxylation sites is 1. The van der Waals surface area contributed by atoms with Gasteiger partial charge in [-0.3, -0.25) is 0 Å². The van der Waals surface area contributed by atoms with E-state index >= 15 is 4.39 Å². The van der Waals surface area contributed by atoms with E-state index in [9.17, 15) is 9.18 Å². The number of rotatable bonds is 11. The topological polar surface area (TPSA) is 105 Å². The van der Waals surface area contributed by atoms with Crippen LogP contribution in [0.4, 0.5) is 20.2 Å². The first-order valence-corrected chi connectivity index (χ1v) is 18.2. The van der Waals surface area contributed by atoms with Gasteiger partial charge in [0.05, 0.1) is 23.9 Å². The number of benzene rings is 4. The molecule has 2 aromatic heterocycles. The van der Waals surface area contributed by atoms with E-state index in [0.29, 0.717) is 17.2 Å². The van der Waals surface area contributed by atoms with Crippen LogP contribution >= 0.6 is 0 Å². The predicted octanol–water partition coefficient (Wildman–Crippen LogP) is 5.95. The highest BCUT2D eigenvalue weighted by atomic mass is 19.1. The maximum atomic E-state index is 15.2. The molecule has 280 valence electrons. The average Bonchev–Trinajstić information content (AvgIpc) is 3.91. The minimum absolute atomic E-state index is 0.00553. The number of nitrogens with zero attached hydrogens (tertiary/aromatic N) is 8. The van der Waals surface area contributed by atoms with E-state index in [1.54, 1.807) is 20.3 Å². The standard InChI is InChI=1S/C40H42F2N8O4/c1-27(2)28(3)50-39(51)48(26-43-50)32-11-9-30(10-12-32)46-18-20-47(21-19-46)31-13-15-33(16-14-31)52-23-34-24-53-40(54-34,35-17-8-29(41)22-36(35)42)25-49-38-7-5-4-6-37(38)44-45-49/h4-17,22,26-28,34H,18-21,23-25H2,1-3H3. The van der Waals surface area contributed by atoms with Gasteiger partial charge >= 0.3 is 5.69 Å². The van der Waals surface area contributed by atoms with Crippen LogP contribution in [-0.2, 0) is 21.8 Å². The van der Waals surface area contributed by atoms with Gasteiger partial charge in [0, 0.05) is 49.2 Å². The molecule has 0 radical (unpaired) electrons. The lowest BCUT2D eigenvalue weighted by Crippen LogP contribution is -2.46. The van der Waals surface area contributed by atoms with E-state index in [1.807, 2.05) is 67.6 Å². The fraction of sp³-hybridized carbons (Fsp3) is 0.350. The maximum Gasteiger partial charge on any atom is 0.350 e. The molecule has 0 saturated carbocycles. The minimum atomic E-state index is -1.56. The molecule has 2 saturated heterocycles. The largest absolute Gasteiger partial charge is 0.491 e. The molecular formula is C40H42F2N8O4. The lowest BCUT2D eigenvalue weighted by atomic mass is 10.0. The smallest absolute Gasteiger partial charge is 0.350 e. The second-order valence-corrected chi connectivity index (χ2v) is 14.2. The van der Waals surface area contributed by atoms with Gasteiger partial charge in [0.25, 0.3) is 0 Å². The van der Waals surface area contributed by atoms with Crippen molar-refractivity contribution in [2.45, 2.75) is 45.2 Å². The van der Waals surface area contributed by atoms with Gasteiger partial charge in [0.2, 0.25) is 5.79 Å². The van der Waals surface area contributed by atoms with E-state index < -0.39 is 23.5 Å². The third-order valence-electron chi connectivity index (χ3n) is 10.4. The maximum absolute atomic E-state index is 15.2. The number of hydrogen-bond donors (Lipinski definition) is 0. The number of piperazine rings is 1. The second-order valence-electron chi connectivity index (χ2n) is 14.2. The Morgan fingerprint density at radius 2 is 1.54 bits per heavy atom. The summed E-state index contributed by atoms with van der Waals surface area (Å²) in [5.41, 5.74) is 4.34. The fourth-order valence-electron chi connectivity index (χ4n) is 7.03. The molecule has 6 aromatic rings. The molecule has 2 aliphatic rings.